The molecule has 0 spiro atoms. The summed E-state index contributed by atoms with van der Waals surface area (Å²) in [6.07, 6.45) is 1.05. The maximum atomic E-state index is 12.2. The summed E-state index contributed by atoms with van der Waals surface area (Å²) in [7, 11) is 0. The fourth-order valence-corrected chi connectivity index (χ4v) is 2.07. The van der Waals surface area contributed by atoms with Gasteiger partial charge in [0.25, 0.3) is 5.56 Å². The topological polar surface area (TPSA) is 83.3 Å². The number of hydrogen-bond donors (Lipinski definition) is 0. The summed E-state index contributed by atoms with van der Waals surface area (Å²) in [5.74, 6) is 0.207. The highest BCUT2D eigenvalue weighted by atomic mass is 16.6. The van der Waals surface area contributed by atoms with E-state index < -0.39 is 0 Å². The standard InChI is InChI=1S/C17H23N3O4/c1-13(2)8-10-23-11-12-24-16(21)7-9-20-17(22)14-5-3-4-6-15(14)18-19-20/h3-6,13H,7-12H2,1-2H3. The zero-order valence-electron chi connectivity index (χ0n) is 14.1. The first-order valence-electron chi connectivity index (χ1n) is 8.14. The Morgan fingerprint density at radius 3 is 2.79 bits per heavy atom. The number of ether oxygens (including phenoxy) is 2. The molecule has 7 nitrogen and oxygen atoms in total. The van der Waals surface area contributed by atoms with Crippen LogP contribution < -0.4 is 5.56 Å². The number of hydrogen-bond acceptors (Lipinski definition) is 6. The number of carbonyl (C=O) groups is 1. The number of esters is 1. The van der Waals surface area contributed by atoms with Crippen LogP contribution in [0.5, 0.6) is 0 Å². The van der Waals surface area contributed by atoms with Gasteiger partial charge in [0.1, 0.15) is 12.1 Å². The molecule has 1 aromatic carbocycles. The van der Waals surface area contributed by atoms with Gasteiger partial charge in [-0.3, -0.25) is 9.59 Å². The summed E-state index contributed by atoms with van der Waals surface area (Å²) in [6.45, 7) is 5.66. The maximum absolute atomic E-state index is 12.2. The van der Waals surface area contributed by atoms with Gasteiger partial charge >= 0.3 is 5.97 Å². The molecular formula is C17H23N3O4. The van der Waals surface area contributed by atoms with Crippen molar-refractivity contribution in [2.45, 2.75) is 33.2 Å². The van der Waals surface area contributed by atoms with Crippen molar-refractivity contribution in [3.8, 4) is 0 Å². The second-order valence-electron chi connectivity index (χ2n) is 5.90. The van der Waals surface area contributed by atoms with E-state index in [1.165, 1.54) is 4.68 Å². The highest BCUT2D eigenvalue weighted by Gasteiger charge is 2.08. The molecule has 7 heteroatoms. The molecule has 24 heavy (non-hydrogen) atoms. The van der Waals surface area contributed by atoms with Crippen LogP contribution in [-0.4, -0.2) is 40.8 Å². The average molecular weight is 333 g/mol. The molecule has 1 heterocycles. The summed E-state index contributed by atoms with van der Waals surface area (Å²) in [5.41, 5.74) is 0.283. The molecule has 0 bridgehead atoms. The molecule has 0 aliphatic carbocycles. The molecule has 0 saturated heterocycles. The third kappa shape index (κ3) is 5.42. The highest BCUT2D eigenvalue weighted by molar-refractivity contribution is 5.76. The summed E-state index contributed by atoms with van der Waals surface area (Å²) >= 11 is 0. The fraction of sp³-hybridized carbons (Fsp3) is 0.529. The van der Waals surface area contributed by atoms with Gasteiger partial charge in [0, 0.05) is 6.61 Å². The second-order valence-corrected chi connectivity index (χ2v) is 5.90. The van der Waals surface area contributed by atoms with Gasteiger partial charge in [0.05, 0.1) is 25.0 Å². The Hall–Kier alpha value is -2.28. The summed E-state index contributed by atoms with van der Waals surface area (Å²) in [4.78, 5) is 23.9. The molecule has 0 aliphatic rings. The summed E-state index contributed by atoms with van der Waals surface area (Å²) < 4.78 is 11.6. The van der Waals surface area contributed by atoms with Gasteiger partial charge in [-0.1, -0.05) is 31.2 Å². The Labute approximate surface area is 140 Å². The molecule has 0 radical (unpaired) electrons. The van der Waals surface area contributed by atoms with E-state index in [0.29, 0.717) is 30.0 Å². The Balaban J connectivity index is 1.74. The van der Waals surface area contributed by atoms with E-state index in [0.717, 1.165) is 6.42 Å². The minimum atomic E-state index is -0.385. The van der Waals surface area contributed by atoms with E-state index in [9.17, 15) is 9.59 Å². The fourth-order valence-electron chi connectivity index (χ4n) is 2.07. The van der Waals surface area contributed by atoms with E-state index in [4.69, 9.17) is 9.47 Å². The zero-order valence-corrected chi connectivity index (χ0v) is 14.1. The molecule has 2 rings (SSSR count). The second kappa shape index (κ2) is 9.12. The van der Waals surface area contributed by atoms with Crippen LogP contribution in [0.25, 0.3) is 10.9 Å². The first kappa shape index (κ1) is 18.1. The molecule has 0 saturated carbocycles. The maximum Gasteiger partial charge on any atom is 0.307 e. The van der Waals surface area contributed by atoms with Gasteiger partial charge in [-0.05, 0) is 24.5 Å². The number of benzene rings is 1. The van der Waals surface area contributed by atoms with Crippen molar-refractivity contribution >= 4 is 16.9 Å². The number of aromatic nitrogens is 3. The van der Waals surface area contributed by atoms with Crippen molar-refractivity contribution in [3.05, 3.63) is 34.6 Å². The number of aryl methyl sites for hydroxylation is 1. The quantitative estimate of drug-likeness (QED) is 0.514. The van der Waals surface area contributed by atoms with Crippen molar-refractivity contribution in [2.75, 3.05) is 19.8 Å². The van der Waals surface area contributed by atoms with Gasteiger partial charge in [-0.2, -0.15) is 0 Å². The van der Waals surface area contributed by atoms with Crippen LogP contribution in [0.3, 0.4) is 0 Å². The monoisotopic (exact) mass is 333 g/mol. The number of fused-ring (bicyclic) bond motifs is 1. The van der Waals surface area contributed by atoms with Gasteiger partial charge in [-0.25, -0.2) is 4.68 Å². The molecule has 1 aromatic heterocycles. The zero-order chi connectivity index (χ0) is 17.4. The molecule has 130 valence electrons. The number of carbonyl (C=O) groups excluding carboxylic acids is 1. The number of nitrogens with zero attached hydrogens (tertiary/aromatic N) is 3. The van der Waals surface area contributed by atoms with Crippen LogP contribution in [0.4, 0.5) is 0 Å². The largest absolute Gasteiger partial charge is 0.463 e. The highest BCUT2D eigenvalue weighted by Crippen LogP contribution is 2.03. The van der Waals surface area contributed by atoms with E-state index >= 15 is 0 Å². The first-order valence-corrected chi connectivity index (χ1v) is 8.14. The molecule has 0 atom stereocenters. The Morgan fingerprint density at radius 1 is 1.21 bits per heavy atom. The van der Waals surface area contributed by atoms with Crippen LogP contribution in [0.15, 0.2) is 29.1 Å². The lowest BCUT2D eigenvalue weighted by atomic mass is 10.1. The predicted octanol–water partition coefficient (Wildman–Crippen LogP) is 1.79. The van der Waals surface area contributed by atoms with Crippen molar-refractivity contribution in [1.29, 1.82) is 0 Å². The van der Waals surface area contributed by atoms with Gasteiger partial charge in [0.2, 0.25) is 0 Å². The average Bonchev–Trinajstić information content (AvgIpc) is 2.57. The van der Waals surface area contributed by atoms with Crippen LogP contribution in [0, 0.1) is 5.92 Å². The molecule has 0 unspecified atom stereocenters. The molecule has 0 aliphatic heterocycles. The number of rotatable bonds is 9. The van der Waals surface area contributed by atoms with Crippen molar-refractivity contribution in [2.24, 2.45) is 5.92 Å². The Bertz CT molecular complexity index is 727. The lowest BCUT2D eigenvalue weighted by molar-refractivity contribution is -0.145. The minimum absolute atomic E-state index is 0.0684. The van der Waals surface area contributed by atoms with Crippen LogP contribution in [0.1, 0.15) is 26.7 Å². The normalized spacial score (nSPS) is 11.1. The van der Waals surface area contributed by atoms with E-state index in [1.807, 2.05) is 0 Å². The van der Waals surface area contributed by atoms with Crippen molar-refractivity contribution in [1.82, 2.24) is 15.0 Å². The van der Waals surface area contributed by atoms with Gasteiger partial charge in [-0.15, -0.1) is 5.10 Å². The first-order chi connectivity index (χ1) is 11.6. The predicted molar refractivity (Wildman–Crippen MR) is 89.6 cm³/mol. The minimum Gasteiger partial charge on any atom is -0.463 e. The smallest absolute Gasteiger partial charge is 0.307 e. The van der Waals surface area contributed by atoms with Gasteiger partial charge in [0.15, 0.2) is 0 Å². The summed E-state index contributed by atoms with van der Waals surface area (Å²) in [6, 6.07) is 6.97. The van der Waals surface area contributed by atoms with Crippen LogP contribution >= 0.6 is 0 Å². The van der Waals surface area contributed by atoms with Crippen molar-refractivity contribution < 1.29 is 14.3 Å². The van der Waals surface area contributed by atoms with E-state index in [2.05, 4.69) is 24.2 Å². The molecule has 2 aromatic rings. The summed E-state index contributed by atoms with van der Waals surface area (Å²) in [5, 5.41) is 8.29. The Kier molecular flexibility index (Phi) is 6.87. The molecular weight excluding hydrogens is 310 g/mol. The van der Waals surface area contributed by atoms with E-state index in [-0.39, 0.29) is 31.1 Å². The lowest BCUT2D eigenvalue weighted by Gasteiger charge is -2.08. The SMILES string of the molecule is CC(C)CCOCCOC(=O)CCn1nnc2ccccc2c1=O. The van der Waals surface area contributed by atoms with Gasteiger partial charge < -0.3 is 9.47 Å². The molecule has 0 fully saturated rings. The Morgan fingerprint density at radius 2 is 2.00 bits per heavy atom. The van der Waals surface area contributed by atoms with Crippen LogP contribution in [-0.2, 0) is 20.8 Å². The molecule has 0 N–H and O–H groups in total. The molecule has 0 amide bonds. The van der Waals surface area contributed by atoms with Crippen molar-refractivity contribution in [3.63, 3.8) is 0 Å². The third-order valence-electron chi connectivity index (χ3n) is 3.49. The van der Waals surface area contributed by atoms with Crippen LogP contribution in [0.2, 0.25) is 0 Å². The third-order valence-corrected chi connectivity index (χ3v) is 3.49. The lowest BCUT2D eigenvalue weighted by Crippen LogP contribution is -2.26. The van der Waals surface area contributed by atoms with E-state index in [1.54, 1.807) is 24.3 Å².